The minimum Gasteiger partial charge on any atom is -0.354 e. The van der Waals surface area contributed by atoms with Crippen LogP contribution in [0.15, 0.2) is 47.8 Å². The molecule has 0 aliphatic heterocycles. The summed E-state index contributed by atoms with van der Waals surface area (Å²) in [4.78, 5) is 25.8. The topological polar surface area (TPSA) is 58.2 Å². The molecule has 3 rings (SSSR count). The van der Waals surface area contributed by atoms with Gasteiger partial charge >= 0.3 is 0 Å². The molecule has 0 bridgehead atoms. The molecule has 1 saturated carbocycles. The van der Waals surface area contributed by atoms with Gasteiger partial charge in [-0.2, -0.15) is 0 Å². The van der Waals surface area contributed by atoms with Crippen LogP contribution in [0.3, 0.4) is 0 Å². The molecule has 5 heteroatoms. The Kier molecular flexibility index (Phi) is 6.83. The minimum absolute atomic E-state index is 0.0932. The zero-order chi connectivity index (χ0) is 18.2. The number of thiophene rings is 1. The van der Waals surface area contributed by atoms with Crippen molar-refractivity contribution in [3.8, 4) is 0 Å². The van der Waals surface area contributed by atoms with E-state index in [4.69, 9.17) is 0 Å². The predicted molar refractivity (Wildman–Crippen MR) is 105 cm³/mol. The highest BCUT2D eigenvalue weighted by molar-refractivity contribution is 7.12. The molecule has 2 N–H and O–H groups in total. The maximum Gasteiger partial charge on any atom is 0.262 e. The van der Waals surface area contributed by atoms with Gasteiger partial charge in [0.25, 0.3) is 5.91 Å². The number of benzene rings is 1. The maximum absolute atomic E-state index is 12.8. The van der Waals surface area contributed by atoms with E-state index in [0.29, 0.717) is 23.8 Å². The molecule has 1 aromatic heterocycles. The Morgan fingerprint density at radius 2 is 1.81 bits per heavy atom. The number of carbonyl (C=O) groups excluding carboxylic acids is 2. The molecule has 4 nitrogen and oxygen atoms in total. The second-order valence-electron chi connectivity index (χ2n) is 6.94. The largest absolute Gasteiger partial charge is 0.354 e. The summed E-state index contributed by atoms with van der Waals surface area (Å²) in [5.74, 6) is 0.288. The van der Waals surface area contributed by atoms with Gasteiger partial charge in [-0.15, -0.1) is 11.3 Å². The van der Waals surface area contributed by atoms with E-state index in [2.05, 4.69) is 10.6 Å². The van der Waals surface area contributed by atoms with Gasteiger partial charge in [-0.25, -0.2) is 0 Å². The van der Waals surface area contributed by atoms with Crippen LogP contribution in [0.2, 0.25) is 0 Å². The normalized spacial score (nSPS) is 16.0. The van der Waals surface area contributed by atoms with E-state index in [9.17, 15) is 9.59 Å². The van der Waals surface area contributed by atoms with Crippen molar-refractivity contribution < 1.29 is 9.59 Å². The van der Waals surface area contributed by atoms with Gasteiger partial charge in [0, 0.05) is 13.0 Å². The zero-order valence-electron chi connectivity index (χ0n) is 14.9. The quantitative estimate of drug-likeness (QED) is 0.779. The fourth-order valence-corrected chi connectivity index (χ4v) is 4.08. The number of amides is 2. The first-order valence-electron chi connectivity index (χ1n) is 9.38. The molecule has 138 valence electrons. The third kappa shape index (κ3) is 5.43. The molecule has 1 fully saturated rings. The van der Waals surface area contributed by atoms with Crippen LogP contribution in [0.4, 0.5) is 0 Å². The molecule has 1 aromatic carbocycles. The lowest BCUT2D eigenvalue weighted by molar-refractivity contribution is -0.123. The third-order valence-electron chi connectivity index (χ3n) is 4.94. The van der Waals surface area contributed by atoms with Crippen molar-refractivity contribution in [3.63, 3.8) is 0 Å². The van der Waals surface area contributed by atoms with E-state index < -0.39 is 6.04 Å². The van der Waals surface area contributed by atoms with Crippen molar-refractivity contribution in [1.82, 2.24) is 10.6 Å². The lowest BCUT2D eigenvalue weighted by Gasteiger charge is -2.24. The molecule has 1 aliphatic carbocycles. The van der Waals surface area contributed by atoms with Crippen molar-refractivity contribution >= 4 is 23.2 Å². The standard InChI is InChI=1S/C21H26N2O2S/c24-20(22-15-17-10-5-2-6-11-17)18(14-16-8-3-1-4-9-16)23-21(25)19-12-7-13-26-19/h1,3-4,7-9,12-13,17-18H,2,5-6,10-11,14-15H2,(H,22,24)(H,23,25). The molecule has 0 saturated heterocycles. The van der Waals surface area contributed by atoms with Gasteiger partial charge in [-0.1, -0.05) is 55.7 Å². The highest BCUT2D eigenvalue weighted by Gasteiger charge is 2.23. The SMILES string of the molecule is O=C(NC(Cc1ccccc1)C(=O)NCC1CCCCC1)c1cccs1. The Bertz CT molecular complexity index is 694. The van der Waals surface area contributed by atoms with Gasteiger partial charge in [-0.3, -0.25) is 9.59 Å². The van der Waals surface area contributed by atoms with Crippen LogP contribution < -0.4 is 10.6 Å². The molecular formula is C21H26N2O2S. The van der Waals surface area contributed by atoms with Crippen molar-refractivity contribution in [1.29, 1.82) is 0 Å². The van der Waals surface area contributed by atoms with E-state index in [1.54, 1.807) is 6.07 Å². The first-order valence-corrected chi connectivity index (χ1v) is 10.3. The molecule has 2 amide bonds. The second kappa shape index (κ2) is 9.53. The summed E-state index contributed by atoms with van der Waals surface area (Å²) < 4.78 is 0. The average molecular weight is 371 g/mol. The highest BCUT2D eigenvalue weighted by Crippen LogP contribution is 2.22. The Morgan fingerprint density at radius 1 is 1.04 bits per heavy atom. The van der Waals surface area contributed by atoms with Crippen LogP contribution in [0.25, 0.3) is 0 Å². The Labute approximate surface area is 159 Å². The monoisotopic (exact) mass is 370 g/mol. The number of rotatable bonds is 7. The van der Waals surface area contributed by atoms with Gasteiger partial charge < -0.3 is 10.6 Å². The van der Waals surface area contributed by atoms with Gasteiger partial charge in [0.1, 0.15) is 6.04 Å². The summed E-state index contributed by atoms with van der Waals surface area (Å²) in [6.07, 6.45) is 6.68. The smallest absolute Gasteiger partial charge is 0.262 e. The highest BCUT2D eigenvalue weighted by atomic mass is 32.1. The molecule has 1 heterocycles. The zero-order valence-corrected chi connectivity index (χ0v) is 15.8. The fraction of sp³-hybridized carbons (Fsp3) is 0.429. The average Bonchev–Trinajstić information content (AvgIpc) is 3.22. The number of nitrogens with one attached hydrogen (secondary N) is 2. The lowest BCUT2D eigenvalue weighted by Crippen LogP contribution is -2.49. The van der Waals surface area contributed by atoms with Crippen LogP contribution in [0.1, 0.15) is 47.3 Å². The molecule has 0 spiro atoms. The van der Waals surface area contributed by atoms with Gasteiger partial charge in [0.05, 0.1) is 4.88 Å². The fourth-order valence-electron chi connectivity index (χ4n) is 3.46. The number of hydrogen-bond acceptors (Lipinski definition) is 3. The lowest BCUT2D eigenvalue weighted by atomic mass is 9.89. The van der Waals surface area contributed by atoms with Crippen LogP contribution in [-0.4, -0.2) is 24.4 Å². The van der Waals surface area contributed by atoms with E-state index in [-0.39, 0.29) is 11.8 Å². The molecule has 26 heavy (non-hydrogen) atoms. The van der Waals surface area contributed by atoms with Crippen molar-refractivity contribution in [2.45, 2.75) is 44.6 Å². The number of hydrogen-bond donors (Lipinski definition) is 2. The van der Waals surface area contributed by atoms with Crippen LogP contribution in [0.5, 0.6) is 0 Å². The van der Waals surface area contributed by atoms with Crippen molar-refractivity contribution in [3.05, 3.63) is 58.3 Å². The van der Waals surface area contributed by atoms with Crippen LogP contribution in [-0.2, 0) is 11.2 Å². The first-order chi connectivity index (χ1) is 12.7. The first kappa shape index (κ1) is 18.6. The molecule has 1 atom stereocenters. The molecule has 0 radical (unpaired) electrons. The summed E-state index contributed by atoms with van der Waals surface area (Å²) in [6.45, 7) is 0.707. The van der Waals surface area contributed by atoms with Crippen molar-refractivity contribution in [2.75, 3.05) is 6.54 Å². The predicted octanol–water partition coefficient (Wildman–Crippen LogP) is 3.79. The number of carbonyl (C=O) groups is 2. The molecular weight excluding hydrogens is 344 g/mol. The minimum atomic E-state index is -0.560. The summed E-state index contributed by atoms with van der Waals surface area (Å²) >= 11 is 1.38. The van der Waals surface area contributed by atoms with Crippen LogP contribution in [0, 0.1) is 5.92 Å². The summed E-state index contributed by atoms with van der Waals surface area (Å²) in [7, 11) is 0. The maximum atomic E-state index is 12.8. The third-order valence-corrected chi connectivity index (χ3v) is 5.81. The Morgan fingerprint density at radius 3 is 2.50 bits per heavy atom. The Hall–Kier alpha value is -2.14. The van der Waals surface area contributed by atoms with E-state index in [1.807, 2.05) is 41.8 Å². The Balaban J connectivity index is 1.62. The summed E-state index contributed by atoms with van der Waals surface area (Å²) in [5, 5.41) is 7.85. The van der Waals surface area contributed by atoms with E-state index in [0.717, 1.165) is 5.56 Å². The van der Waals surface area contributed by atoms with Crippen LogP contribution >= 0.6 is 11.3 Å². The molecule has 1 unspecified atom stereocenters. The van der Waals surface area contributed by atoms with E-state index in [1.165, 1.54) is 43.4 Å². The summed E-state index contributed by atoms with van der Waals surface area (Å²) in [6, 6.07) is 12.9. The second-order valence-corrected chi connectivity index (χ2v) is 7.89. The molecule has 1 aliphatic rings. The molecule has 2 aromatic rings. The summed E-state index contributed by atoms with van der Waals surface area (Å²) in [5.41, 5.74) is 1.04. The van der Waals surface area contributed by atoms with E-state index >= 15 is 0 Å². The van der Waals surface area contributed by atoms with Gasteiger partial charge in [0.2, 0.25) is 5.91 Å². The van der Waals surface area contributed by atoms with Gasteiger partial charge in [-0.05, 0) is 35.8 Å². The van der Waals surface area contributed by atoms with Crippen molar-refractivity contribution in [2.24, 2.45) is 5.92 Å². The van der Waals surface area contributed by atoms with Gasteiger partial charge in [0.15, 0.2) is 0 Å².